The summed E-state index contributed by atoms with van der Waals surface area (Å²) in [6.07, 6.45) is -0.632. The second kappa shape index (κ2) is 9.76. The minimum atomic E-state index is -3.46. The lowest BCUT2D eigenvalue weighted by atomic mass is 10.1. The third-order valence-corrected chi connectivity index (χ3v) is 6.11. The van der Waals surface area contributed by atoms with Crippen molar-refractivity contribution in [1.82, 2.24) is 9.62 Å². The van der Waals surface area contributed by atoms with Gasteiger partial charge in [0.05, 0.1) is 11.4 Å². The maximum Gasteiger partial charge on any atom is 0.260 e. The Hall–Kier alpha value is -2.58. The van der Waals surface area contributed by atoms with Crippen LogP contribution >= 0.6 is 0 Å². The van der Waals surface area contributed by atoms with Gasteiger partial charge in [0, 0.05) is 14.1 Å². The Balaban J connectivity index is 1.79. The molecule has 0 spiro atoms. The van der Waals surface area contributed by atoms with Crippen LogP contribution in [0.4, 0.5) is 0 Å². The molecule has 0 aromatic heterocycles. The fourth-order valence-corrected chi connectivity index (χ4v) is 3.48. The van der Waals surface area contributed by atoms with E-state index in [9.17, 15) is 13.2 Å². The van der Waals surface area contributed by atoms with Crippen molar-refractivity contribution < 1.29 is 22.7 Å². The first kappa shape index (κ1) is 22.7. The largest absolute Gasteiger partial charge is 0.492 e. The van der Waals surface area contributed by atoms with Crippen LogP contribution in [-0.4, -0.2) is 52.0 Å². The number of ether oxygens (including phenoxy) is 2. The van der Waals surface area contributed by atoms with E-state index in [-0.39, 0.29) is 17.4 Å². The molecule has 1 unspecified atom stereocenters. The average molecular weight is 421 g/mol. The summed E-state index contributed by atoms with van der Waals surface area (Å²) in [6, 6.07) is 12.0. The number of hydrogen-bond acceptors (Lipinski definition) is 5. The van der Waals surface area contributed by atoms with E-state index in [0.29, 0.717) is 18.0 Å². The van der Waals surface area contributed by atoms with Crippen molar-refractivity contribution in [1.29, 1.82) is 0 Å². The smallest absolute Gasteiger partial charge is 0.260 e. The van der Waals surface area contributed by atoms with E-state index in [4.69, 9.17) is 9.47 Å². The van der Waals surface area contributed by atoms with Gasteiger partial charge < -0.3 is 14.8 Å². The molecule has 158 valence electrons. The fraction of sp³-hybridized carbons (Fsp3) is 0.381. The number of amides is 1. The number of nitrogens with one attached hydrogen (secondary N) is 1. The molecule has 0 saturated carbocycles. The average Bonchev–Trinajstić information content (AvgIpc) is 2.67. The molecule has 7 nitrogen and oxygen atoms in total. The van der Waals surface area contributed by atoms with Crippen LogP contribution in [-0.2, 0) is 14.8 Å². The van der Waals surface area contributed by atoms with Crippen molar-refractivity contribution in [2.75, 3.05) is 27.2 Å². The van der Waals surface area contributed by atoms with E-state index in [1.165, 1.54) is 26.2 Å². The van der Waals surface area contributed by atoms with Crippen LogP contribution in [0.5, 0.6) is 11.5 Å². The Morgan fingerprint density at radius 3 is 2.34 bits per heavy atom. The second-order valence-corrected chi connectivity index (χ2v) is 9.08. The Morgan fingerprint density at radius 2 is 1.76 bits per heavy atom. The Bertz CT molecular complexity index is 940. The van der Waals surface area contributed by atoms with Gasteiger partial charge in [-0.25, -0.2) is 12.7 Å². The Morgan fingerprint density at radius 1 is 1.10 bits per heavy atom. The number of carbonyl (C=O) groups is 1. The molecule has 1 atom stereocenters. The zero-order chi connectivity index (χ0) is 21.6. The van der Waals surface area contributed by atoms with Gasteiger partial charge in [-0.05, 0) is 56.7 Å². The van der Waals surface area contributed by atoms with Crippen LogP contribution in [0, 0.1) is 13.8 Å². The summed E-state index contributed by atoms with van der Waals surface area (Å²) >= 11 is 0. The highest BCUT2D eigenvalue weighted by Gasteiger charge is 2.17. The summed E-state index contributed by atoms with van der Waals surface area (Å²) in [6.45, 7) is 6.19. The molecule has 2 rings (SSSR count). The quantitative estimate of drug-likeness (QED) is 0.630. The molecule has 1 amide bonds. The lowest BCUT2D eigenvalue weighted by Gasteiger charge is -2.17. The van der Waals surface area contributed by atoms with Crippen LogP contribution < -0.4 is 14.8 Å². The molecule has 8 heteroatoms. The van der Waals surface area contributed by atoms with Gasteiger partial charge >= 0.3 is 0 Å². The van der Waals surface area contributed by atoms with E-state index < -0.39 is 16.1 Å². The molecule has 1 N–H and O–H groups in total. The van der Waals surface area contributed by atoms with E-state index in [1.807, 2.05) is 32.0 Å². The van der Waals surface area contributed by atoms with Gasteiger partial charge in [0.1, 0.15) is 18.1 Å². The van der Waals surface area contributed by atoms with Crippen LogP contribution in [0.25, 0.3) is 0 Å². The van der Waals surface area contributed by atoms with Crippen molar-refractivity contribution in [2.24, 2.45) is 0 Å². The van der Waals surface area contributed by atoms with Crippen LogP contribution in [0.2, 0.25) is 0 Å². The molecule has 0 bridgehead atoms. The van der Waals surface area contributed by atoms with E-state index in [2.05, 4.69) is 5.32 Å². The predicted octanol–water partition coefficient (Wildman–Crippen LogP) is 2.52. The van der Waals surface area contributed by atoms with E-state index in [0.717, 1.165) is 15.4 Å². The molecule has 0 aliphatic carbocycles. The first-order valence-electron chi connectivity index (χ1n) is 9.28. The minimum Gasteiger partial charge on any atom is -0.492 e. The second-order valence-electron chi connectivity index (χ2n) is 6.93. The van der Waals surface area contributed by atoms with Crippen molar-refractivity contribution in [3.05, 3.63) is 53.6 Å². The normalized spacial score (nSPS) is 12.5. The first-order chi connectivity index (χ1) is 13.6. The molecule has 0 fully saturated rings. The number of carbonyl (C=O) groups excluding carboxylic acids is 1. The van der Waals surface area contributed by atoms with Gasteiger partial charge in [0.2, 0.25) is 10.0 Å². The molecular weight excluding hydrogens is 392 g/mol. The maximum absolute atomic E-state index is 12.2. The van der Waals surface area contributed by atoms with E-state index in [1.54, 1.807) is 19.1 Å². The van der Waals surface area contributed by atoms with Gasteiger partial charge in [0.25, 0.3) is 5.91 Å². The van der Waals surface area contributed by atoms with Gasteiger partial charge in [-0.3, -0.25) is 4.79 Å². The summed E-state index contributed by atoms with van der Waals surface area (Å²) < 4.78 is 36.5. The van der Waals surface area contributed by atoms with Crippen LogP contribution in [0.1, 0.15) is 18.1 Å². The highest BCUT2D eigenvalue weighted by Crippen LogP contribution is 2.20. The SMILES string of the molecule is Cc1ccc(OC(C)C(=O)NCCOc2ccc(S(=O)(=O)N(C)C)cc2)c(C)c1. The molecule has 0 aliphatic rings. The maximum atomic E-state index is 12.2. The van der Waals surface area contributed by atoms with Gasteiger partial charge in [0.15, 0.2) is 6.10 Å². The third kappa shape index (κ3) is 6.20. The zero-order valence-electron chi connectivity index (χ0n) is 17.4. The van der Waals surface area contributed by atoms with Gasteiger partial charge in [-0.15, -0.1) is 0 Å². The van der Waals surface area contributed by atoms with E-state index >= 15 is 0 Å². The van der Waals surface area contributed by atoms with Gasteiger partial charge in [-0.1, -0.05) is 17.7 Å². The molecule has 2 aromatic rings. The molecule has 0 saturated heterocycles. The lowest BCUT2D eigenvalue weighted by molar-refractivity contribution is -0.127. The zero-order valence-corrected chi connectivity index (χ0v) is 18.2. The fourth-order valence-electron chi connectivity index (χ4n) is 2.58. The summed E-state index contributed by atoms with van der Waals surface area (Å²) in [5, 5.41) is 2.76. The number of sulfonamides is 1. The lowest BCUT2D eigenvalue weighted by Crippen LogP contribution is -2.38. The standard InChI is InChI=1S/C21H28N2O5S/c1-15-6-11-20(16(2)14-15)28-17(3)21(24)22-12-13-27-18-7-9-19(10-8-18)29(25,26)23(4)5/h6-11,14,17H,12-13H2,1-5H3,(H,22,24). The van der Waals surface area contributed by atoms with Crippen molar-refractivity contribution in [3.8, 4) is 11.5 Å². The molecule has 0 heterocycles. The van der Waals surface area contributed by atoms with Crippen molar-refractivity contribution in [2.45, 2.75) is 31.8 Å². The molecular formula is C21H28N2O5S. The van der Waals surface area contributed by atoms with Crippen LogP contribution in [0.3, 0.4) is 0 Å². The summed E-state index contributed by atoms with van der Waals surface area (Å²) in [5.74, 6) is 0.972. The van der Waals surface area contributed by atoms with Crippen molar-refractivity contribution >= 4 is 15.9 Å². The summed E-state index contributed by atoms with van der Waals surface area (Å²) in [5.41, 5.74) is 2.11. The molecule has 0 aliphatic heterocycles. The summed E-state index contributed by atoms with van der Waals surface area (Å²) in [7, 11) is -0.505. The molecule has 2 aromatic carbocycles. The third-order valence-electron chi connectivity index (χ3n) is 4.28. The highest BCUT2D eigenvalue weighted by atomic mass is 32.2. The minimum absolute atomic E-state index is 0.195. The van der Waals surface area contributed by atoms with Gasteiger partial charge in [-0.2, -0.15) is 0 Å². The summed E-state index contributed by atoms with van der Waals surface area (Å²) in [4.78, 5) is 12.4. The number of rotatable bonds is 9. The molecule has 0 radical (unpaired) electrons. The van der Waals surface area contributed by atoms with Crippen LogP contribution in [0.15, 0.2) is 47.4 Å². The highest BCUT2D eigenvalue weighted by molar-refractivity contribution is 7.89. The predicted molar refractivity (Wildman–Crippen MR) is 112 cm³/mol. The number of benzene rings is 2. The monoisotopic (exact) mass is 420 g/mol. The van der Waals surface area contributed by atoms with Crippen molar-refractivity contribution in [3.63, 3.8) is 0 Å². The Labute approximate surface area is 172 Å². The number of nitrogens with zero attached hydrogens (tertiary/aromatic N) is 1. The molecule has 29 heavy (non-hydrogen) atoms. The number of aryl methyl sites for hydroxylation is 2. The number of hydrogen-bond donors (Lipinski definition) is 1. The first-order valence-corrected chi connectivity index (χ1v) is 10.7. The Kier molecular flexibility index (Phi) is 7.64. The topological polar surface area (TPSA) is 84.9 Å².